The fraction of sp³-hybridized carbons (Fsp3) is 0.647. The van der Waals surface area contributed by atoms with Crippen molar-refractivity contribution >= 4 is 0 Å². The van der Waals surface area contributed by atoms with Crippen LogP contribution in [0.15, 0.2) is 12.1 Å². The zero-order chi connectivity index (χ0) is 15.0. The van der Waals surface area contributed by atoms with Crippen LogP contribution >= 0.6 is 0 Å². The lowest BCUT2D eigenvalue weighted by Crippen LogP contribution is -2.42. The van der Waals surface area contributed by atoms with Gasteiger partial charge in [0.1, 0.15) is 11.6 Å². The van der Waals surface area contributed by atoms with Crippen molar-refractivity contribution in [3.05, 3.63) is 34.9 Å². The molecule has 1 aromatic rings. The summed E-state index contributed by atoms with van der Waals surface area (Å²) in [6.45, 7) is 4.16. The normalized spacial score (nSPS) is 25.0. The predicted octanol–water partition coefficient (Wildman–Crippen LogP) is 3.44. The van der Waals surface area contributed by atoms with Crippen LogP contribution < -0.4 is 0 Å². The third kappa shape index (κ3) is 2.59. The Hall–Kier alpha value is -1.00. The van der Waals surface area contributed by atoms with E-state index in [1.165, 1.54) is 6.07 Å². The fourth-order valence-corrected chi connectivity index (χ4v) is 3.93. The minimum Gasteiger partial charge on any atom is -0.396 e. The first-order valence-electron chi connectivity index (χ1n) is 7.91. The van der Waals surface area contributed by atoms with E-state index >= 15 is 0 Å². The van der Waals surface area contributed by atoms with Crippen LogP contribution in [0.1, 0.15) is 49.8 Å². The molecule has 0 saturated carbocycles. The van der Waals surface area contributed by atoms with Crippen molar-refractivity contribution in [1.82, 2.24) is 4.90 Å². The summed E-state index contributed by atoms with van der Waals surface area (Å²) in [5, 5.41) is 9.61. The molecule has 3 rings (SSSR count). The van der Waals surface area contributed by atoms with Crippen molar-refractivity contribution in [2.45, 2.75) is 45.1 Å². The molecule has 2 nitrogen and oxygen atoms in total. The van der Waals surface area contributed by atoms with E-state index in [1.807, 2.05) is 0 Å². The van der Waals surface area contributed by atoms with Gasteiger partial charge in [0.25, 0.3) is 0 Å². The van der Waals surface area contributed by atoms with Crippen LogP contribution in [-0.4, -0.2) is 29.7 Å². The molecule has 4 heteroatoms. The van der Waals surface area contributed by atoms with E-state index in [0.717, 1.165) is 50.4 Å². The fourth-order valence-electron chi connectivity index (χ4n) is 3.93. The molecule has 2 aliphatic rings. The number of piperidine rings is 1. The number of fused-ring (bicyclic) bond motifs is 1. The van der Waals surface area contributed by atoms with E-state index in [-0.39, 0.29) is 18.1 Å². The highest BCUT2D eigenvalue weighted by molar-refractivity contribution is 5.36. The number of halogens is 2. The lowest BCUT2D eigenvalue weighted by molar-refractivity contribution is 0.0242. The largest absolute Gasteiger partial charge is 0.396 e. The maximum atomic E-state index is 13.8. The van der Waals surface area contributed by atoms with Crippen LogP contribution in [0.5, 0.6) is 0 Å². The molecule has 0 radical (unpaired) electrons. The Morgan fingerprint density at radius 3 is 2.62 bits per heavy atom. The summed E-state index contributed by atoms with van der Waals surface area (Å²) in [6.07, 6.45) is 4.48. The maximum absolute atomic E-state index is 13.8. The molecule has 21 heavy (non-hydrogen) atoms. The van der Waals surface area contributed by atoms with Gasteiger partial charge in [0, 0.05) is 18.7 Å². The summed E-state index contributed by atoms with van der Waals surface area (Å²) >= 11 is 0. The highest BCUT2D eigenvalue weighted by atomic mass is 19.1. The van der Waals surface area contributed by atoms with Gasteiger partial charge in [-0.2, -0.15) is 0 Å². The van der Waals surface area contributed by atoms with Gasteiger partial charge in [-0.15, -0.1) is 0 Å². The summed E-state index contributed by atoms with van der Waals surface area (Å²) in [5.74, 6) is -0.879. The van der Waals surface area contributed by atoms with Crippen LogP contribution in [0.3, 0.4) is 0 Å². The smallest absolute Gasteiger partial charge is 0.129 e. The summed E-state index contributed by atoms with van der Waals surface area (Å²) in [5.41, 5.74) is 1.57. The first-order chi connectivity index (χ1) is 10.1. The average molecular weight is 295 g/mol. The third-order valence-electron chi connectivity index (χ3n) is 5.61. The van der Waals surface area contributed by atoms with E-state index in [2.05, 4.69) is 11.8 Å². The quantitative estimate of drug-likeness (QED) is 0.923. The predicted molar refractivity (Wildman–Crippen MR) is 78.0 cm³/mol. The molecule has 1 saturated heterocycles. The summed E-state index contributed by atoms with van der Waals surface area (Å²) < 4.78 is 27.3. The molecule has 1 aromatic carbocycles. The Bertz CT molecular complexity index is 518. The molecule has 0 amide bonds. The van der Waals surface area contributed by atoms with Gasteiger partial charge >= 0.3 is 0 Å². The van der Waals surface area contributed by atoms with E-state index < -0.39 is 11.6 Å². The number of benzene rings is 1. The number of nitrogens with zero attached hydrogens (tertiary/aromatic N) is 1. The van der Waals surface area contributed by atoms with Crippen LogP contribution in [0.2, 0.25) is 0 Å². The summed E-state index contributed by atoms with van der Waals surface area (Å²) in [4.78, 5) is 2.34. The zero-order valence-corrected chi connectivity index (χ0v) is 12.5. The number of likely N-dealkylation sites (tertiary alicyclic amines) is 1. The highest BCUT2D eigenvalue weighted by Gasteiger charge is 2.37. The number of rotatable bonds is 3. The van der Waals surface area contributed by atoms with E-state index in [9.17, 15) is 13.9 Å². The Morgan fingerprint density at radius 2 is 2.00 bits per heavy atom. The third-order valence-corrected chi connectivity index (χ3v) is 5.61. The first kappa shape index (κ1) is 14.9. The minimum atomic E-state index is -0.478. The number of aliphatic hydroxyl groups excluding tert-OH is 1. The second kappa shape index (κ2) is 5.65. The van der Waals surface area contributed by atoms with Crippen molar-refractivity contribution in [2.24, 2.45) is 5.41 Å². The lowest BCUT2D eigenvalue weighted by Gasteiger charge is -2.42. The van der Waals surface area contributed by atoms with Gasteiger partial charge in [-0.25, -0.2) is 8.78 Å². The summed E-state index contributed by atoms with van der Waals surface area (Å²) in [6, 6.07) is 2.63. The minimum absolute atomic E-state index is 0.0467. The van der Waals surface area contributed by atoms with Crippen molar-refractivity contribution < 1.29 is 13.9 Å². The SMILES string of the molecule is CCC1(CO)CCN(C2CCc3c(F)cc(F)cc32)CC1. The van der Waals surface area contributed by atoms with Crippen LogP contribution in [-0.2, 0) is 6.42 Å². The van der Waals surface area contributed by atoms with E-state index in [4.69, 9.17) is 0 Å². The Balaban J connectivity index is 1.77. The molecular formula is C17H23F2NO. The van der Waals surface area contributed by atoms with Crippen molar-refractivity contribution in [3.63, 3.8) is 0 Å². The molecule has 1 unspecified atom stereocenters. The number of hydrogen-bond donors (Lipinski definition) is 1. The number of aliphatic hydroxyl groups is 1. The Kier molecular flexibility index (Phi) is 4.02. The van der Waals surface area contributed by atoms with Gasteiger partial charge in [-0.05, 0) is 67.8 Å². The topological polar surface area (TPSA) is 23.5 Å². The van der Waals surface area contributed by atoms with E-state index in [1.54, 1.807) is 0 Å². The maximum Gasteiger partial charge on any atom is 0.129 e. The molecule has 1 N–H and O–H groups in total. The van der Waals surface area contributed by atoms with Crippen LogP contribution in [0, 0.1) is 17.0 Å². The van der Waals surface area contributed by atoms with Gasteiger partial charge in [-0.3, -0.25) is 4.90 Å². The molecule has 1 aliphatic heterocycles. The molecule has 0 bridgehead atoms. The molecule has 1 fully saturated rings. The lowest BCUT2D eigenvalue weighted by atomic mass is 9.76. The van der Waals surface area contributed by atoms with Gasteiger partial charge in [0.2, 0.25) is 0 Å². The van der Waals surface area contributed by atoms with Gasteiger partial charge in [-0.1, -0.05) is 6.92 Å². The zero-order valence-electron chi connectivity index (χ0n) is 12.5. The molecule has 0 aromatic heterocycles. The second-order valence-corrected chi connectivity index (χ2v) is 6.56. The average Bonchev–Trinajstić information content (AvgIpc) is 2.91. The van der Waals surface area contributed by atoms with Gasteiger partial charge in [0.05, 0.1) is 0 Å². The molecule has 116 valence electrons. The monoisotopic (exact) mass is 295 g/mol. The van der Waals surface area contributed by atoms with Crippen molar-refractivity contribution in [3.8, 4) is 0 Å². The molecule has 0 spiro atoms. The second-order valence-electron chi connectivity index (χ2n) is 6.56. The molecule has 1 aliphatic carbocycles. The molecule has 1 atom stereocenters. The highest BCUT2D eigenvalue weighted by Crippen LogP contribution is 2.42. The Labute approximate surface area is 124 Å². The Morgan fingerprint density at radius 1 is 1.29 bits per heavy atom. The first-order valence-corrected chi connectivity index (χ1v) is 7.91. The van der Waals surface area contributed by atoms with Gasteiger partial charge < -0.3 is 5.11 Å². The standard InChI is InChI=1S/C17H23F2NO/c1-2-17(11-21)5-7-20(8-6-17)16-4-3-13-14(16)9-12(18)10-15(13)19/h9-10,16,21H,2-8,11H2,1H3. The van der Waals surface area contributed by atoms with Crippen LogP contribution in [0.4, 0.5) is 8.78 Å². The number of hydrogen-bond acceptors (Lipinski definition) is 2. The van der Waals surface area contributed by atoms with Crippen LogP contribution in [0.25, 0.3) is 0 Å². The summed E-state index contributed by atoms with van der Waals surface area (Å²) in [7, 11) is 0. The van der Waals surface area contributed by atoms with Crippen molar-refractivity contribution in [1.29, 1.82) is 0 Å². The van der Waals surface area contributed by atoms with Crippen molar-refractivity contribution in [2.75, 3.05) is 19.7 Å². The van der Waals surface area contributed by atoms with Gasteiger partial charge in [0.15, 0.2) is 0 Å². The van der Waals surface area contributed by atoms with E-state index in [0.29, 0.717) is 12.0 Å². The molecule has 1 heterocycles. The molecular weight excluding hydrogens is 272 g/mol.